The Hall–Kier alpha value is -1.66. The Balaban J connectivity index is 0.00000192. The van der Waals surface area contributed by atoms with Gasteiger partial charge in [-0.05, 0) is 44.5 Å². The van der Waals surface area contributed by atoms with Gasteiger partial charge in [-0.2, -0.15) is 0 Å². The summed E-state index contributed by atoms with van der Waals surface area (Å²) < 4.78 is 0. The first-order valence-electron chi connectivity index (χ1n) is 7.75. The zero-order valence-electron chi connectivity index (χ0n) is 13.5. The highest BCUT2D eigenvalue weighted by atomic mass is 35.5. The first-order chi connectivity index (χ1) is 10.5. The Kier molecular flexibility index (Phi) is 5.26. The van der Waals surface area contributed by atoms with E-state index >= 15 is 0 Å². The Labute approximate surface area is 142 Å². The van der Waals surface area contributed by atoms with Gasteiger partial charge in [0.1, 0.15) is 11.5 Å². The summed E-state index contributed by atoms with van der Waals surface area (Å²) in [5, 5.41) is 3.31. The third-order valence-corrected chi connectivity index (χ3v) is 4.71. The second-order valence-corrected chi connectivity index (χ2v) is 6.32. The molecule has 2 aliphatic heterocycles. The van der Waals surface area contributed by atoms with E-state index in [9.17, 15) is 9.59 Å². The molecule has 3 rings (SSSR count). The molecule has 1 spiro atoms. The molecule has 2 aliphatic rings. The molecule has 23 heavy (non-hydrogen) atoms. The predicted octanol–water partition coefficient (Wildman–Crippen LogP) is 1.31. The maximum Gasteiger partial charge on any atom is 0.272 e. The van der Waals surface area contributed by atoms with Crippen molar-refractivity contribution in [2.24, 2.45) is 5.41 Å². The fourth-order valence-electron chi connectivity index (χ4n) is 3.33. The second kappa shape index (κ2) is 6.84. The van der Waals surface area contributed by atoms with Gasteiger partial charge in [0.05, 0.1) is 5.41 Å². The molecule has 2 fully saturated rings. The molecule has 0 aliphatic carbocycles. The van der Waals surface area contributed by atoms with Crippen molar-refractivity contribution in [2.45, 2.75) is 19.3 Å². The van der Waals surface area contributed by atoms with E-state index in [2.05, 4.69) is 10.3 Å². The van der Waals surface area contributed by atoms with Crippen LogP contribution in [0, 0.1) is 5.41 Å². The minimum absolute atomic E-state index is 0. The van der Waals surface area contributed by atoms with Crippen LogP contribution in [0.25, 0.3) is 0 Å². The van der Waals surface area contributed by atoms with Crippen molar-refractivity contribution in [1.29, 1.82) is 0 Å². The third kappa shape index (κ3) is 3.19. The van der Waals surface area contributed by atoms with Gasteiger partial charge in [0.25, 0.3) is 5.91 Å². The molecular formula is C16H23ClN4O2. The molecule has 0 unspecified atom stereocenters. The summed E-state index contributed by atoms with van der Waals surface area (Å²) in [6.07, 6.45) is 2.65. The number of piperidine rings is 1. The smallest absolute Gasteiger partial charge is 0.272 e. The summed E-state index contributed by atoms with van der Waals surface area (Å²) in [5.74, 6) is 0.606. The minimum Gasteiger partial charge on any atom is -0.343 e. The van der Waals surface area contributed by atoms with Gasteiger partial charge >= 0.3 is 0 Å². The van der Waals surface area contributed by atoms with Crippen molar-refractivity contribution in [1.82, 2.24) is 15.2 Å². The van der Waals surface area contributed by atoms with Gasteiger partial charge in [0, 0.05) is 20.6 Å². The fraction of sp³-hybridized carbons (Fsp3) is 0.562. The van der Waals surface area contributed by atoms with E-state index in [-0.39, 0.29) is 29.6 Å². The number of aromatic nitrogens is 1. The number of anilines is 1. The molecule has 6 nitrogen and oxygen atoms in total. The fourth-order valence-corrected chi connectivity index (χ4v) is 3.33. The highest BCUT2D eigenvalue weighted by molar-refractivity contribution is 6.00. The molecule has 1 aromatic heterocycles. The molecule has 126 valence electrons. The largest absolute Gasteiger partial charge is 0.343 e. The van der Waals surface area contributed by atoms with E-state index in [1.165, 1.54) is 4.90 Å². The predicted molar refractivity (Wildman–Crippen MR) is 91.0 cm³/mol. The van der Waals surface area contributed by atoms with Crippen molar-refractivity contribution >= 4 is 30.0 Å². The number of nitrogens with zero attached hydrogens (tertiary/aromatic N) is 3. The number of hydrogen-bond acceptors (Lipinski definition) is 4. The molecule has 0 aromatic carbocycles. The van der Waals surface area contributed by atoms with Crippen LogP contribution in [0.3, 0.4) is 0 Å². The zero-order chi connectivity index (χ0) is 15.7. The second-order valence-electron chi connectivity index (χ2n) is 6.32. The van der Waals surface area contributed by atoms with E-state index in [0.29, 0.717) is 18.1 Å². The number of nitrogens with one attached hydrogen (secondary N) is 1. The summed E-state index contributed by atoms with van der Waals surface area (Å²) in [5.41, 5.74) is 0.149. The van der Waals surface area contributed by atoms with Gasteiger partial charge < -0.3 is 10.2 Å². The maximum absolute atomic E-state index is 12.9. The number of rotatable bonds is 2. The number of pyridine rings is 1. The normalized spacial score (nSPS) is 19.6. The van der Waals surface area contributed by atoms with Gasteiger partial charge in [-0.25, -0.2) is 4.98 Å². The molecular weight excluding hydrogens is 316 g/mol. The van der Waals surface area contributed by atoms with E-state index in [1.54, 1.807) is 31.1 Å². The number of amides is 2. The van der Waals surface area contributed by atoms with Crippen LogP contribution in [0.4, 0.5) is 5.82 Å². The van der Waals surface area contributed by atoms with E-state index in [0.717, 1.165) is 32.4 Å². The Bertz CT molecular complexity index is 599. The SMILES string of the molecule is CN(C)C(=O)c1cccc(N2CCC3(CCNCC3)C2=O)n1.Cl. The van der Waals surface area contributed by atoms with Crippen LogP contribution in [0.2, 0.25) is 0 Å². The van der Waals surface area contributed by atoms with Gasteiger partial charge in [-0.1, -0.05) is 6.07 Å². The number of halogens is 1. The molecule has 2 saturated heterocycles. The molecule has 7 heteroatoms. The van der Waals surface area contributed by atoms with Crippen molar-refractivity contribution < 1.29 is 9.59 Å². The van der Waals surface area contributed by atoms with E-state index in [1.807, 2.05) is 6.07 Å². The van der Waals surface area contributed by atoms with Crippen LogP contribution in [0.5, 0.6) is 0 Å². The molecule has 0 atom stereocenters. The average molecular weight is 339 g/mol. The van der Waals surface area contributed by atoms with Crippen molar-refractivity contribution in [3.63, 3.8) is 0 Å². The Morgan fingerprint density at radius 3 is 2.61 bits per heavy atom. The number of carbonyl (C=O) groups is 2. The standard InChI is InChI=1S/C16H22N4O2.ClH/c1-19(2)14(21)12-4-3-5-13(18-12)20-11-8-16(15(20)22)6-9-17-10-7-16;/h3-5,17H,6-11H2,1-2H3;1H. The average Bonchev–Trinajstić information content (AvgIpc) is 2.84. The maximum atomic E-state index is 12.9. The monoisotopic (exact) mass is 338 g/mol. The summed E-state index contributed by atoms with van der Waals surface area (Å²) in [6.45, 7) is 2.48. The highest BCUT2D eigenvalue weighted by Gasteiger charge is 2.47. The summed E-state index contributed by atoms with van der Waals surface area (Å²) in [7, 11) is 3.39. The molecule has 1 N–H and O–H groups in total. The molecule has 0 bridgehead atoms. The molecule has 3 heterocycles. The van der Waals surface area contributed by atoms with Crippen molar-refractivity contribution in [3.8, 4) is 0 Å². The van der Waals surface area contributed by atoms with Gasteiger partial charge in [0.2, 0.25) is 5.91 Å². The van der Waals surface area contributed by atoms with Crippen LogP contribution in [-0.4, -0.2) is 55.4 Å². The third-order valence-electron chi connectivity index (χ3n) is 4.71. The Morgan fingerprint density at radius 2 is 1.96 bits per heavy atom. The lowest BCUT2D eigenvalue weighted by Crippen LogP contribution is -2.43. The minimum atomic E-state index is -0.228. The van der Waals surface area contributed by atoms with Crippen molar-refractivity contribution in [3.05, 3.63) is 23.9 Å². The lowest BCUT2D eigenvalue weighted by atomic mass is 9.78. The molecule has 0 saturated carbocycles. The molecule has 0 radical (unpaired) electrons. The van der Waals surface area contributed by atoms with Gasteiger partial charge in [-0.15, -0.1) is 12.4 Å². The van der Waals surface area contributed by atoms with Crippen LogP contribution in [0.1, 0.15) is 29.8 Å². The van der Waals surface area contributed by atoms with Crippen molar-refractivity contribution in [2.75, 3.05) is 38.6 Å². The van der Waals surface area contributed by atoms with Crippen LogP contribution < -0.4 is 10.2 Å². The zero-order valence-corrected chi connectivity index (χ0v) is 14.4. The number of hydrogen-bond donors (Lipinski definition) is 1. The van der Waals surface area contributed by atoms with Crippen LogP contribution >= 0.6 is 12.4 Å². The topological polar surface area (TPSA) is 65.5 Å². The summed E-state index contributed by atoms with van der Waals surface area (Å²) in [6, 6.07) is 5.29. The van der Waals surface area contributed by atoms with Crippen LogP contribution in [0.15, 0.2) is 18.2 Å². The summed E-state index contributed by atoms with van der Waals surface area (Å²) >= 11 is 0. The molecule has 2 amide bonds. The number of carbonyl (C=O) groups excluding carboxylic acids is 2. The van der Waals surface area contributed by atoms with Gasteiger partial charge in [-0.3, -0.25) is 14.5 Å². The van der Waals surface area contributed by atoms with Crippen LogP contribution in [-0.2, 0) is 4.79 Å². The lowest BCUT2D eigenvalue weighted by molar-refractivity contribution is -0.126. The van der Waals surface area contributed by atoms with E-state index in [4.69, 9.17) is 0 Å². The Morgan fingerprint density at radius 1 is 1.26 bits per heavy atom. The molecule has 1 aromatic rings. The highest BCUT2D eigenvalue weighted by Crippen LogP contribution is 2.41. The van der Waals surface area contributed by atoms with Gasteiger partial charge in [0.15, 0.2) is 0 Å². The van der Waals surface area contributed by atoms with E-state index < -0.39 is 0 Å². The quantitative estimate of drug-likeness (QED) is 0.883. The first kappa shape index (κ1) is 17.7. The first-order valence-corrected chi connectivity index (χ1v) is 7.75. The lowest BCUT2D eigenvalue weighted by Gasteiger charge is -2.31. The summed E-state index contributed by atoms with van der Waals surface area (Å²) in [4.78, 5) is 32.5.